The zero-order valence-corrected chi connectivity index (χ0v) is 14.1. The van der Waals surface area contributed by atoms with E-state index < -0.39 is 0 Å². The third kappa shape index (κ3) is 4.19. The Labute approximate surface area is 137 Å². The molecule has 2 aromatic carbocycles. The molecular weight excluding hydrogens is 356 g/mol. The Balaban J connectivity index is 2.02. The second-order valence-corrected chi connectivity index (χ2v) is 5.44. The Bertz CT molecular complexity index is 623. The van der Waals surface area contributed by atoms with Crippen LogP contribution in [0.15, 0.2) is 40.9 Å². The number of hydrogen-bond donors (Lipinski definition) is 2. The smallest absolute Gasteiger partial charge is 0.138 e. The summed E-state index contributed by atoms with van der Waals surface area (Å²) in [4.78, 5) is 0. The molecule has 21 heavy (non-hydrogen) atoms. The molecule has 0 aliphatic heterocycles. The van der Waals surface area contributed by atoms with Crippen LogP contribution in [0, 0.1) is 0 Å². The van der Waals surface area contributed by atoms with Gasteiger partial charge in [-0.3, -0.25) is 0 Å². The molecule has 0 amide bonds. The molecule has 0 atom stereocenters. The highest BCUT2D eigenvalue weighted by atomic mass is 79.9. The molecule has 0 radical (unpaired) electrons. The van der Waals surface area contributed by atoms with Crippen LogP contribution in [-0.2, 0) is 0 Å². The Morgan fingerprint density at radius 1 is 1.05 bits per heavy atom. The Morgan fingerprint density at radius 3 is 2.19 bits per heavy atom. The van der Waals surface area contributed by atoms with Crippen LogP contribution >= 0.6 is 27.5 Å². The van der Waals surface area contributed by atoms with Crippen molar-refractivity contribution in [3.05, 3.63) is 45.9 Å². The van der Waals surface area contributed by atoms with Crippen molar-refractivity contribution in [2.45, 2.75) is 6.92 Å². The topological polar surface area (TPSA) is 42.5 Å². The first kappa shape index (κ1) is 15.8. The third-order valence-corrected chi connectivity index (χ3v) is 3.65. The highest BCUT2D eigenvalue weighted by Crippen LogP contribution is 2.29. The first-order valence-electron chi connectivity index (χ1n) is 6.42. The van der Waals surface area contributed by atoms with Crippen LogP contribution in [0.4, 0.5) is 11.4 Å². The van der Waals surface area contributed by atoms with Gasteiger partial charge < -0.3 is 20.3 Å². The molecule has 0 heterocycles. The number of anilines is 2. The van der Waals surface area contributed by atoms with Crippen molar-refractivity contribution in [2.75, 3.05) is 24.6 Å². The van der Waals surface area contributed by atoms with Crippen LogP contribution < -0.4 is 20.3 Å². The summed E-state index contributed by atoms with van der Waals surface area (Å²) in [7, 11) is 1.63. The lowest BCUT2D eigenvalue weighted by atomic mass is 10.3. The van der Waals surface area contributed by atoms with E-state index in [0.29, 0.717) is 17.4 Å². The number of rotatable bonds is 6. The molecule has 0 aliphatic carbocycles. The zero-order chi connectivity index (χ0) is 15.2. The van der Waals surface area contributed by atoms with Crippen molar-refractivity contribution in [3.63, 3.8) is 0 Å². The summed E-state index contributed by atoms with van der Waals surface area (Å²) < 4.78 is 11.5. The molecule has 0 unspecified atom stereocenters. The van der Waals surface area contributed by atoms with Gasteiger partial charge in [-0.05, 0) is 59.3 Å². The summed E-state index contributed by atoms with van der Waals surface area (Å²) >= 11 is 9.58. The summed E-state index contributed by atoms with van der Waals surface area (Å²) in [5.74, 6) is 1.46. The van der Waals surface area contributed by atoms with Gasteiger partial charge in [-0.15, -0.1) is 0 Å². The Morgan fingerprint density at radius 2 is 1.67 bits per heavy atom. The predicted octanol–water partition coefficient (Wildman–Crippen LogP) is 4.95. The van der Waals surface area contributed by atoms with Crippen LogP contribution in [0.5, 0.6) is 11.5 Å². The van der Waals surface area contributed by atoms with Crippen molar-refractivity contribution in [2.24, 2.45) is 0 Å². The quantitative estimate of drug-likeness (QED) is 0.705. The number of methoxy groups -OCH3 is 1. The normalized spacial score (nSPS) is 10.1. The van der Waals surface area contributed by atoms with Crippen LogP contribution in [-0.4, -0.2) is 13.7 Å². The van der Waals surface area contributed by atoms with E-state index in [1.54, 1.807) is 13.2 Å². The average Bonchev–Trinajstić information content (AvgIpc) is 2.48. The van der Waals surface area contributed by atoms with E-state index in [2.05, 4.69) is 26.8 Å². The van der Waals surface area contributed by atoms with Gasteiger partial charge >= 0.3 is 0 Å². The average molecular weight is 372 g/mol. The van der Waals surface area contributed by atoms with Gasteiger partial charge in [-0.25, -0.2) is 0 Å². The maximum Gasteiger partial charge on any atom is 0.138 e. The number of halogens is 2. The van der Waals surface area contributed by atoms with Crippen molar-refractivity contribution < 1.29 is 9.47 Å². The third-order valence-electron chi connectivity index (χ3n) is 2.73. The number of nitrogens with one attached hydrogen (secondary N) is 2. The minimum absolute atomic E-state index is 0.569. The first-order chi connectivity index (χ1) is 10.1. The summed E-state index contributed by atoms with van der Waals surface area (Å²) in [6.45, 7) is 2.51. The van der Waals surface area contributed by atoms with Gasteiger partial charge in [0, 0.05) is 0 Å². The van der Waals surface area contributed by atoms with E-state index in [9.17, 15) is 0 Å². The summed E-state index contributed by atoms with van der Waals surface area (Å²) in [5.41, 5.74) is 7.92. The standard InChI is InChI=1S/C15H16BrClN2O2/c1-3-21-15-7-5-11(9-13(15)17)19-18-10-4-6-14(20-2)12(16)8-10/h4-9,18-19H,3H2,1-2H3. The van der Waals surface area contributed by atoms with Crippen molar-refractivity contribution in [3.8, 4) is 11.5 Å². The van der Waals surface area contributed by atoms with E-state index in [4.69, 9.17) is 21.1 Å². The predicted molar refractivity (Wildman–Crippen MR) is 90.6 cm³/mol. The number of benzene rings is 2. The Kier molecular flexibility index (Phi) is 5.59. The summed E-state index contributed by atoms with van der Waals surface area (Å²) in [6.07, 6.45) is 0. The minimum Gasteiger partial charge on any atom is -0.496 e. The van der Waals surface area contributed by atoms with E-state index in [-0.39, 0.29) is 0 Å². The molecule has 0 spiro atoms. The van der Waals surface area contributed by atoms with E-state index in [1.165, 1.54) is 0 Å². The van der Waals surface area contributed by atoms with Crippen molar-refractivity contribution >= 4 is 38.9 Å². The number of ether oxygens (including phenoxy) is 2. The molecule has 2 rings (SSSR count). The van der Waals surface area contributed by atoms with Gasteiger partial charge in [0.25, 0.3) is 0 Å². The lowest BCUT2D eigenvalue weighted by Gasteiger charge is -2.13. The van der Waals surface area contributed by atoms with Crippen molar-refractivity contribution in [1.29, 1.82) is 0 Å². The molecule has 0 aromatic heterocycles. The lowest BCUT2D eigenvalue weighted by molar-refractivity contribution is 0.340. The molecule has 2 aromatic rings. The van der Waals surface area contributed by atoms with Gasteiger partial charge in [0.05, 0.1) is 34.6 Å². The van der Waals surface area contributed by atoms with E-state index >= 15 is 0 Å². The molecule has 112 valence electrons. The fraction of sp³-hybridized carbons (Fsp3) is 0.200. The van der Waals surface area contributed by atoms with Gasteiger partial charge in [-0.1, -0.05) is 11.6 Å². The highest BCUT2D eigenvalue weighted by Gasteiger charge is 2.04. The molecule has 0 aliphatic rings. The Hall–Kier alpha value is -1.59. The zero-order valence-electron chi connectivity index (χ0n) is 11.7. The first-order valence-corrected chi connectivity index (χ1v) is 7.59. The minimum atomic E-state index is 0.569. The van der Waals surface area contributed by atoms with E-state index in [1.807, 2.05) is 37.3 Å². The van der Waals surface area contributed by atoms with Crippen LogP contribution in [0.1, 0.15) is 6.92 Å². The molecule has 0 saturated heterocycles. The molecule has 0 fully saturated rings. The number of hydrogen-bond acceptors (Lipinski definition) is 4. The van der Waals surface area contributed by atoms with Crippen molar-refractivity contribution in [1.82, 2.24) is 0 Å². The lowest BCUT2D eigenvalue weighted by Crippen LogP contribution is -2.08. The molecule has 4 nitrogen and oxygen atoms in total. The van der Waals surface area contributed by atoms with Gasteiger partial charge in [-0.2, -0.15) is 0 Å². The molecule has 2 N–H and O–H groups in total. The highest BCUT2D eigenvalue weighted by molar-refractivity contribution is 9.10. The second kappa shape index (κ2) is 7.43. The fourth-order valence-corrected chi connectivity index (χ4v) is 2.52. The summed E-state index contributed by atoms with van der Waals surface area (Å²) in [6, 6.07) is 11.2. The largest absolute Gasteiger partial charge is 0.496 e. The molecular formula is C15H16BrClN2O2. The molecule has 0 saturated carbocycles. The van der Waals surface area contributed by atoms with E-state index in [0.717, 1.165) is 21.6 Å². The maximum absolute atomic E-state index is 6.14. The van der Waals surface area contributed by atoms with Crippen LogP contribution in [0.25, 0.3) is 0 Å². The molecule has 0 bridgehead atoms. The van der Waals surface area contributed by atoms with Gasteiger partial charge in [0.1, 0.15) is 11.5 Å². The van der Waals surface area contributed by atoms with Crippen LogP contribution in [0.3, 0.4) is 0 Å². The van der Waals surface area contributed by atoms with Gasteiger partial charge in [0.2, 0.25) is 0 Å². The summed E-state index contributed by atoms with van der Waals surface area (Å²) in [5, 5.41) is 0.569. The number of hydrazine groups is 1. The second-order valence-electron chi connectivity index (χ2n) is 4.18. The maximum atomic E-state index is 6.14. The molecule has 6 heteroatoms. The SMILES string of the molecule is CCOc1ccc(NNc2ccc(OC)c(Br)c2)cc1Cl. The van der Waals surface area contributed by atoms with Crippen LogP contribution in [0.2, 0.25) is 5.02 Å². The monoisotopic (exact) mass is 370 g/mol. The fourth-order valence-electron chi connectivity index (χ4n) is 1.74. The van der Waals surface area contributed by atoms with Gasteiger partial charge in [0.15, 0.2) is 0 Å².